The lowest BCUT2D eigenvalue weighted by atomic mass is 10.2. The maximum atomic E-state index is 12.5. The van der Waals surface area contributed by atoms with Crippen LogP contribution in [0.5, 0.6) is 5.75 Å². The number of nitrogens with one attached hydrogen (secondary N) is 2. The summed E-state index contributed by atoms with van der Waals surface area (Å²) >= 11 is 0. The second-order valence-electron chi connectivity index (χ2n) is 6.38. The first-order valence-corrected chi connectivity index (χ1v) is 9.84. The Hall–Kier alpha value is -2.16. The highest BCUT2D eigenvalue weighted by molar-refractivity contribution is 6.04. The SMILES string of the molecule is CCOCCOC(=NCCC[NH+]1CCOCC1)NC(=O)c1ccc(OC)cc1. The fourth-order valence-electron chi connectivity index (χ4n) is 2.79. The van der Waals surface area contributed by atoms with Crippen LogP contribution in [0.2, 0.25) is 0 Å². The van der Waals surface area contributed by atoms with E-state index < -0.39 is 0 Å². The number of methoxy groups -OCH3 is 1. The molecule has 1 amide bonds. The third-order valence-corrected chi connectivity index (χ3v) is 4.39. The lowest BCUT2D eigenvalue weighted by molar-refractivity contribution is -0.908. The van der Waals surface area contributed by atoms with Crippen molar-refractivity contribution in [2.24, 2.45) is 4.99 Å². The second kappa shape index (κ2) is 13.1. The number of morpholine rings is 1. The number of rotatable bonds is 10. The van der Waals surface area contributed by atoms with Gasteiger partial charge in [0.25, 0.3) is 11.9 Å². The number of carbonyl (C=O) groups excluding carboxylic acids is 1. The molecule has 2 N–H and O–H groups in total. The van der Waals surface area contributed by atoms with Crippen LogP contribution in [0.3, 0.4) is 0 Å². The number of quaternary nitrogens is 1. The summed E-state index contributed by atoms with van der Waals surface area (Å²) in [6.07, 6.45) is 0.923. The number of benzene rings is 1. The van der Waals surface area contributed by atoms with Crippen LogP contribution < -0.4 is 15.0 Å². The number of hydrogen-bond donors (Lipinski definition) is 2. The Labute approximate surface area is 166 Å². The Balaban J connectivity index is 1.85. The van der Waals surface area contributed by atoms with Crippen LogP contribution in [0.25, 0.3) is 0 Å². The molecule has 8 nitrogen and oxygen atoms in total. The average Bonchev–Trinajstić information content (AvgIpc) is 2.74. The number of ether oxygens (including phenoxy) is 4. The summed E-state index contributed by atoms with van der Waals surface area (Å²) in [7, 11) is 1.59. The Bertz CT molecular complexity index is 600. The standard InChI is InChI=1S/C20H31N3O5/c1-3-26-15-16-28-20(21-9-4-10-23-11-13-27-14-12-23)22-19(24)17-5-7-18(25-2)8-6-17/h5-8H,3-4,9-16H2,1-2H3,(H,21,22,24)/p+1. The van der Waals surface area contributed by atoms with E-state index in [0.29, 0.717) is 37.7 Å². The van der Waals surface area contributed by atoms with E-state index in [1.807, 2.05) is 6.92 Å². The fraction of sp³-hybridized carbons (Fsp3) is 0.600. The van der Waals surface area contributed by atoms with Gasteiger partial charge in [-0.3, -0.25) is 10.1 Å². The van der Waals surface area contributed by atoms with Gasteiger partial charge < -0.3 is 23.8 Å². The van der Waals surface area contributed by atoms with Crippen molar-refractivity contribution in [3.05, 3.63) is 29.8 Å². The highest BCUT2D eigenvalue weighted by Crippen LogP contribution is 2.11. The van der Waals surface area contributed by atoms with Crippen molar-refractivity contribution in [1.82, 2.24) is 5.32 Å². The molecule has 0 bridgehead atoms. The Morgan fingerprint density at radius 1 is 1.21 bits per heavy atom. The van der Waals surface area contributed by atoms with E-state index in [2.05, 4.69) is 10.3 Å². The molecule has 1 saturated heterocycles. The van der Waals surface area contributed by atoms with Crippen LogP contribution in [0.1, 0.15) is 23.7 Å². The first-order valence-electron chi connectivity index (χ1n) is 9.84. The molecule has 0 radical (unpaired) electrons. The van der Waals surface area contributed by atoms with Crippen molar-refractivity contribution in [3.8, 4) is 5.75 Å². The summed E-state index contributed by atoms with van der Waals surface area (Å²) in [4.78, 5) is 18.4. The van der Waals surface area contributed by atoms with Crippen molar-refractivity contribution in [2.75, 3.05) is 66.3 Å². The van der Waals surface area contributed by atoms with Crippen molar-refractivity contribution in [3.63, 3.8) is 0 Å². The number of nitrogens with zero attached hydrogens (tertiary/aromatic N) is 1. The molecule has 0 unspecified atom stereocenters. The zero-order valence-electron chi connectivity index (χ0n) is 16.9. The molecule has 1 aromatic carbocycles. The van der Waals surface area contributed by atoms with E-state index in [1.165, 1.54) is 4.90 Å². The van der Waals surface area contributed by atoms with Gasteiger partial charge in [0, 0.05) is 25.1 Å². The van der Waals surface area contributed by atoms with E-state index in [9.17, 15) is 4.79 Å². The predicted octanol–water partition coefficient (Wildman–Crippen LogP) is 0.139. The van der Waals surface area contributed by atoms with Crippen molar-refractivity contribution < 1.29 is 28.6 Å². The van der Waals surface area contributed by atoms with Crippen molar-refractivity contribution in [1.29, 1.82) is 0 Å². The molecule has 1 heterocycles. The maximum absolute atomic E-state index is 12.5. The Morgan fingerprint density at radius 2 is 1.96 bits per heavy atom. The smallest absolute Gasteiger partial charge is 0.291 e. The molecule has 156 valence electrons. The molecule has 2 rings (SSSR count). The van der Waals surface area contributed by atoms with Gasteiger partial charge in [-0.05, 0) is 31.2 Å². The monoisotopic (exact) mass is 394 g/mol. The summed E-state index contributed by atoms with van der Waals surface area (Å²) in [5.74, 6) is 0.431. The largest absolute Gasteiger partial charge is 0.497 e. The van der Waals surface area contributed by atoms with E-state index in [0.717, 1.165) is 39.3 Å². The Morgan fingerprint density at radius 3 is 2.64 bits per heavy atom. The van der Waals surface area contributed by atoms with E-state index >= 15 is 0 Å². The molecule has 8 heteroatoms. The molecule has 0 aliphatic carbocycles. The van der Waals surface area contributed by atoms with Gasteiger partial charge in [0.1, 0.15) is 25.4 Å². The van der Waals surface area contributed by atoms with Crippen molar-refractivity contribution >= 4 is 11.9 Å². The minimum absolute atomic E-state index is 0.234. The predicted molar refractivity (Wildman–Crippen MR) is 106 cm³/mol. The molecular formula is C20H32N3O5+. The number of hydrogen-bond acceptors (Lipinski definition) is 6. The molecule has 0 atom stereocenters. The lowest BCUT2D eigenvalue weighted by Crippen LogP contribution is -3.14. The molecule has 0 aromatic heterocycles. The van der Waals surface area contributed by atoms with Gasteiger partial charge in [0.05, 0.1) is 33.5 Å². The van der Waals surface area contributed by atoms with Crippen LogP contribution in [-0.4, -0.2) is 78.3 Å². The third kappa shape index (κ3) is 8.24. The summed E-state index contributed by atoms with van der Waals surface area (Å²) in [5.41, 5.74) is 0.514. The molecule has 28 heavy (non-hydrogen) atoms. The summed E-state index contributed by atoms with van der Waals surface area (Å²) < 4.78 is 21.4. The van der Waals surface area contributed by atoms with Crippen LogP contribution >= 0.6 is 0 Å². The molecular weight excluding hydrogens is 362 g/mol. The summed E-state index contributed by atoms with van der Waals surface area (Å²) in [6.45, 7) is 8.68. The zero-order valence-corrected chi connectivity index (χ0v) is 16.9. The topological polar surface area (TPSA) is 82.8 Å². The Kier molecular flexibility index (Phi) is 10.3. The van der Waals surface area contributed by atoms with Crippen LogP contribution in [0.15, 0.2) is 29.3 Å². The average molecular weight is 394 g/mol. The summed E-state index contributed by atoms with van der Waals surface area (Å²) in [5, 5.41) is 2.75. The third-order valence-electron chi connectivity index (χ3n) is 4.39. The molecule has 1 fully saturated rings. The molecule has 1 aromatic rings. The summed E-state index contributed by atoms with van der Waals surface area (Å²) in [6, 6.07) is 7.12. The molecule has 0 saturated carbocycles. The number of aliphatic imine (C=N–C) groups is 1. The van der Waals surface area contributed by atoms with E-state index in [-0.39, 0.29) is 11.9 Å². The number of carbonyl (C=O) groups is 1. The normalized spacial score (nSPS) is 15.3. The highest BCUT2D eigenvalue weighted by atomic mass is 16.5. The maximum Gasteiger partial charge on any atom is 0.291 e. The van der Waals surface area contributed by atoms with Gasteiger partial charge in [-0.1, -0.05) is 0 Å². The van der Waals surface area contributed by atoms with Gasteiger partial charge in [0.15, 0.2) is 0 Å². The van der Waals surface area contributed by atoms with Gasteiger partial charge in [-0.15, -0.1) is 0 Å². The first kappa shape index (κ1) is 22.1. The van der Waals surface area contributed by atoms with E-state index in [1.54, 1.807) is 31.4 Å². The first-order chi connectivity index (χ1) is 13.7. The minimum Gasteiger partial charge on any atom is -0.497 e. The number of amides is 1. The van der Waals surface area contributed by atoms with Gasteiger partial charge >= 0.3 is 0 Å². The van der Waals surface area contributed by atoms with Gasteiger partial charge in [0.2, 0.25) is 0 Å². The molecule has 0 spiro atoms. The zero-order chi connectivity index (χ0) is 20.0. The van der Waals surface area contributed by atoms with Crippen LogP contribution in [0, 0.1) is 0 Å². The fourth-order valence-corrected chi connectivity index (χ4v) is 2.79. The number of amidine groups is 1. The van der Waals surface area contributed by atoms with Crippen LogP contribution in [0.4, 0.5) is 0 Å². The lowest BCUT2D eigenvalue weighted by Gasteiger charge is -2.23. The van der Waals surface area contributed by atoms with Crippen LogP contribution in [-0.2, 0) is 14.2 Å². The second-order valence-corrected chi connectivity index (χ2v) is 6.38. The molecule has 1 aliphatic rings. The minimum atomic E-state index is -0.267. The molecule has 1 aliphatic heterocycles. The quantitative estimate of drug-likeness (QED) is 0.335. The van der Waals surface area contributed by atoms with Gasteiger partial charge in [-0.25, -0.2) is 4.99 Å². The van der Waals surface area contributed by atoms with Crippen molar-refractivity contribution in [2.45, 2.75) is 13.3 Å². The van der Waals surface area contributed by atoms with Gasteiger partial charge in [-0.2, -0.15) is 0 Å². The highest BCUT2D eigenvalue weighted by Gasteiger charge is 2.13. The van der Waals surface area contributed by atoms with E-state index in [4.69, 9.17) is 18.9 Å².